The zero-order valence-electron chi connectivity index (χ0n) is 8.66. The van der Waals surface area contributed by atoms with E-state index in [0.717, 1.165) is 31.1 Å². The SMILES string of the molecule is CCC1OCCC1CNc1n[nH]c(=S)s1. The van der Waals surface area contributed by atoms with E-state index in [2.05, 4.69) is 22.4 Å². The third-order valence-corrected chi connectivity index (χ3v) is 3.75. The van der Waals surface area contributed by atoms with Crippen LogP contribution in [0.2, 0.25) is 0 Å². The van der Waals surface area contributed by atoms with Crippen LogP contribution in [0.15, 0.2) is 0 Å². The molecule has 2 atom stereocenters. The summed E-state index contributed by atoms with van der Waals surface area (Å²) in [5.41, 5.74) is 0. The average Bonchev–Trinajstić information content (AvgIpc) is 2.83. The number of ether oxygens (including phenoxy) is 1. The molecule has 0 bridgehead atoms. The molecular formula is C9H15N3OS2. The second-order valence-corrected chi connectivity index (χ2v) is 5.33. The number of anilines is 1. The van der Waals surface area contributed by atoms with E-state index >= 15 is 0 Å². The lowest BCUT2D eigenvalue weighted by molar-refractivity contribution is 0.0900. The first kappa shape index (κ1) is 11.0. The van der Waals surface area contributed by atoms with E-state index in [1.807, 2.05) is 0 Å². The number of nitrogens with zero attached hydrogens (tertiary/aromatic N) is 1. The molecule has 1 aliphatic heterocycles. The summed E-state index contributed by atoms with van der Waals surface area (Å²) in [6.45, 7) is 3.98. The fourth-order valence-corrected chi connectivity index (χ4v) is 2.70. The van der Waals surface area contributed by atoms with Crippen LogP contribution in [-0.4, -0.2) is 29.5 Å². The highest BCUT2D eigenvalue weighted by Gasteiger charge is 2.26. The molecule has 84 valence electrons. The first-order valence-corrected chi connectivity index (χ1v) is 6.43. The minimum Gasteiger partial charge on any atom is -0.378 e. The van der Waals surface area contributed by atoms with Crippen molar-refractivity contribution in [3.8, 4) is 0 Å². The van der Waals surface area contributed by atoms with E-state index in [1.165, 1.54) is 11.3 Å². The van der Waals surface area contributed by atoms with Crippen molar-refractivity contribution in [3.63, 3.8) is 0 Å². The molecule has 1 aliphatic rings. The fraction of sp³-hybridized carbons (Fsp3) is 0.778. The normalized spacial score (nSPS) is 25.7. The van der Waals surface area contributed by atoms with E-state index in [1.54, 1.807) is 0 Å². The molecule has 2 unspecified atom stereocenters. The summed E-state index contributed by atoms with van der Waals surface area (Å²) in [6.07, 6.45) is 2.63. The highest BCUT2D eigenvalue weighted by Crippen LogP contribution is 2.24. The number of nitrogens with one attached hydrogen (secondary N) is 2. The van der Waals surface area contributed by atoms with Gasteiger partial charge in [0.25, 0.3) is 0 Å². The van der Waals surface area contributed by atoms with E-state index in [0.29, 0.717) is 16.0 Å². The minimum absolute atomic E-state index is 0.407. The van der Waals surface area contributed by atoms with Crippen LogP contribution in [0.1, 0.15) is 19.8 Å². The van der Waals surface area contributed by atoms with Gasteiger partial charge in [0, 0.05) is 19.1 Å². The zero-order valence-corrected chi connectivity index (χ0v) is 10.3. The first-order valence-electron chi connectivity index (χ1n) is 5.20. The van der Waals surface area contributed by atoms with Crippen LogP contribution in [0.25, 0.3) is 0 Å². The van der Waals surface area contributed by atoms with Gasteiger partial charge in [0.15, 0.2) is 3.95 Å². The summed E-state index contributed by atoms with van der Waals surface area (Å²) in [5, 5.41) is 11.0. The quantitative estimate of drug-likeness (QED) is 0.800. The van der Waals surface area contributed by atoms with Crippen molar-refractivity contribution in [2.75, 3.05) is 18.5 Å². The molecule has 0 aromatic carbocycles. The van der Waals surface area contributed by atoms with E-state index in [4.69, 9.17) is 17.0 Å². The Morgan fingerprint density at radius 1 is 1.73 bits per heavy atom. The summed E-state index contributed by atoms with van der Waals surface area (Å²) in [6, 6.07) is 0. The Morgan fingerprint density at radius 2 is 2.60 bits per heavy atom. The number of hydrogen-bond donors (Lipinski definition) is 2. The largest absolute Gasteiger partial charge is 0.378 e. The Bertz CT molecular complexity index is 362. The summed E-state index contributed by atoms with van der Waals surface area (Å²) in [7, 11) is 0. The summed E-state index contributed by atoms with van der Waals surface area (Å²) in [5.74, 6) is 0.604. The number of aromatic amines is 1. The molecule has 1 aromatic rings. The molecule has 1 saturated heterocycles. The van der Waals surface area contributed by atoms with Gasteiger partial charge in [0.1, 0.15) is 0 Å². The van der Waals surface area contributed by atoms with Crippen molar-refractivity contribution < 1.29 is 4.74 Å². The fourth-order valence-electron chi connectivity index (χ4n) is 1.90. The van der Waals surface area contributed by atoms with Crippen LogP contribution in [0.3, 0.4) is 0 Å². The molecule has 6 heteroatoms. The molecule has 2 heterocycles. The molecule has 1 aromatic heterocycles. The van der Waals surface area contributed by atoms with Crippen LogP contribution in [-0.2, 0) is 4.74 Å². The second kappa shape index (κ2) is 5.05. The van der Waals surface area contributed by atoms with E-state index in [9.17, 15) is 0 Å². The van der Waals surface area contributed by atoms with Gasteiger partial charge in [-0.3, -0.25) is 5.10 Å². The van der Waals surface area contributed by atoms with Crippen molar-refractivity contribution in [3.05, 3.63) is 3.95 Å². The molecule has 0 radical (unpaired) electrons. The Balaban J connectivity index is 1.85. The lowest BCUT2D eigenvalue weighted by Gasteiger charge is -2.16. The van der Waals surface area contributed by atoms with Crippen LogP contribution in [0.4, 0.5) is 5.13 Å². The number of hydrogen-bond acceptors (Lipinski definition) is 5. The molecule has 1 fully saturated rings. The van der Waals surface area contributed by atoms with Crippen molar-refractivity contribution in [1.82, 2.24) is 10.2 Å². The lowest BCUT2D eigenvalue weighted by atomic mass is 10.00. The van der Waals surface area contributed by atoms with Crippen molar-refractivity contribution in [2.24, 2.45) is 5.92 Å². The molecule has 2 N–H and O–H groups in total. The van der Waals surface area contributed by atoms with Crippen molar-refractivity contribution >= 4 is 28.7 Å². The Labute approximate surface area is 98.1 Å². The molecule has 15 heavy (non-hydrogen) atoms. The summed E-state index contributed by atoms with van der Waals surface area (Å²) < 4.78 is 6.34. The summed E-state index contributed by atoms with van der Waals surface area (Å²) >= 11 is 6.44. The van der Waals surface area contributed by atoms with Gasteiger partial charge >= 0.3 is 0 Å². The van der Waals surface area contributed by atoms with Crippen LogP contribution in [0, 0.1) is 9.87 Å². The van der Waals surface area contributed by atoms with E-state index in [-0.39, 0.29) is 0 Å². The minimum atomic E-state index is 0.407. The monoisotopic (exact) mass is 245 g/mol. The maximum Gasteiger partial charge on any atom is 0.204 e. The van der Waals surface area contributed by atoms with Gasteiger partial charge in [-0.2, -0.15) is 0 Å². The number of rotatable bonds is 4. The predicted molar refractivity (Wildman–Crippen MR) is 63.9 cm³/mol. The lowest BCUT2D eigenvalue weighted by Crippen LogP contribution is -2.22. The van der Waals surface area contributed by atoms with Gasteiger partial charge in [-0.25, -0.2) is 0 Å². The van der Waals surface area contributed by atoms with Crippen molar-refractivity contribution in [2.45, 2.75) is 25.9 Å². The Hall–Kier alpha value is -0.460. The topological polar surface area (TPSA) is 49.9 Å². The van der Waals surface area contributed by atoms with Crippen molar-refractivity contribution in [1.29, 1.82) is 0 Å². The summed E-state index contributed by atoms with van der Waals surface area (Å²) in [4.78, 5) is 0. The third kappa shape index (κ3) is 2.76. The molecular weight excluding hydrogens is 230 g/mol. The molecule has 0 amide bonds. The van der Waals surface area contributed by atoms with Crippen LogP contribution in [0.5, 0.6) is 0 Å². The molecule has 0 saturated carbocycles. The smallest absolute Gasteiger partial charge is 0.204 e. The molecule has 0 aliphatic carbocycles. The Kier molecular flexibility index (Phi) is 3.71. The van der Waals surface area contributed by atoms with Gasteiger partial charge in [-0.1, -0.05) is 18.3 Å². The maximum atomic E-state index is 5.62. The predicted octanol–water partition coefficient (Wildman–Crippen LogP) is 2.43. The zero-order chi connectivity index (χ0) is 10.7. The molecule has 0 spiro atoms. The number of aromatic nitrogens is 2. The van der Waals surface area contributed by atoms with Gasteiger partial charge in [0.2, 0.25) is 5.13 Å². The third-order valence-electron chi connectivity index (χ3n) is 2.70. The Morgan fingerprint density at radius 3 is 3.27 bits per heavy atom. The maximum absolute atomic E-state index is 5.62. The first-order chi connectivity index (χ1) is 7.29. The molecule has 2 rings (SSSR count). The van der Waals surface area contributed by atoms with Gasteiger partial charge < -0.3 is 10.1 Å². The van der Waals surface area contributed by atoms with Gasteiger partial charge in [-0.15, -0.1) is 5.10 Å². The highest BCUT2D eigenvalue weighted by molar-refractivity contribution is 7.73. The number of H-pyrrole nitrogens is 1. The van der Waals surface area contributed by atoms with Crippen LogP contribution >= 0.6 is 23.6 Å². The van der Waals surface area contributed by atoms with Gasteiger partial charge in [-0.05, 0) is 25.1 Å². The van der Waals surface area contributed by atoms with Crippen LogP contribution < -0.4 is 5.32 Å². The standard InChI is InChI=1S/C9H15N3OS2/c1-2-7-6(3-4-13-7)5-10-8-11-12-9(14)15-8/h6-7H,2-5H2,1H3,(H,10,11)(H,12,14). The van der Waals surface area contributed by atoms with E-state index < -0.39 is 0 Å². The second-order valence-electron chi connectivity index (χ2n) is 3.67. The van der Waals surface area contributed by atoms with Gasteiger partial charge in [0.05, 0.1) is 6.10 Å². The average molecular weight is 245 g/mol. The highest BCUT2D eigenvalue weighted by atomic mass is 32.1. The molecule has 4 nitrogen and oxygen atoms in total.